The van der Waals surface area contributed by atoms with Crippen molar-refractivity contribution >= 4 is 23.4 Å². The largest absolute Gasteiger partial charge is 0.391 e. The highest BCUT2D eigenvalue weighted by molar-refractivity contribution is 6.30. The van der Waals surface area contributed by atoms with Crippen LogP contribution in [-0.2, 0) is 9.59 Å². The maximum Gasteiger partial charge on any atom is 0.243 e. The van der Waals surface area contributed by atoms with Gasteiger partial charge in [-0.15, -0.1) is 0 Å². The molecule has 0 unspecified atom stereocenters. The van der Waals surface area contributed by atoms with E-state index in [4.69, 9.17) is 17.3 Å². The molecule has 0 aliphatic carbocycles. The van der Waals surface area contributed by atoms with Crippen LogP contribution in [0, 0.1) is 5.41 Å². The van der Waals surface area contributed by atoms with Gasteiger partial charge in [-0.3, -0.25) is 9.59 Å². The molecule has 0 radical (unpaired) electrons. The summed E-state index contributed by atoms with van der Waals surface area (Å²) in [7, 11) is 0. The number of β-amino-alcohol motifs (C(OH)–C–C–N with tert-alkyl or cyclic N) is 1. The van der Waals surface area contributed by atoms with E-state index in [1.807, 2.05) is 39.8 Å². The minimum atomic E-state index is -0.739. The molecule has 144 valence electrons. The van der Waals surface area contributed by atoms with E-state index in [0.29, 0.717) is 5.02 Å². The zero-order valence-electron chi connectivity index (χ0n) is 15.7. The van der Waals surface area contributed by atoms with E-state index in [-0.39, 0.29) is 30.8 Å². The van der Waals surface area contributed by atoms with Gasteiger partial charge in [0.2, 0.25) is 11.8 Å². The van der Waals surface area contributed by atoms with Gasteiger partial charge in [0.05, 0.1) is 18.2 Å². The number of amides is 2. The summed E-state index contributed by atoms with van der Waals surface area (Å²) >= 11 is 5.89. The Morgan fingerprint density at radius 3 is 2.42 bits per heavy atom. The first kappa shape index (κ1) is 20.7. The first-order valence-corrected chi connectivity index (χ1v) is 9.18. The third-order valence-corrected chi connectivity index (χ3v) is 5.04. The first-order chi connectivity index (χ1) is 12.0. The van der Waals surface area contributed by atoms with E-state index in [0.717, 1.165) is 5.56 Å². The van der Waals surface area contributed by atoms with Gasteiger partial charge in [0, 0.05) is 18.0 Å². The quantitative estimate of drug-likeness (QED) is 0.741. The molecule has 1 heterocycles. The summed E-state index contributed by atoms with van der Waals surface area (Å²) in [5, 5.41) is 13.5. The minimum absolute atomic E-state index is 0.121. The fraction of sp³-hybridized carbons (Fsp3) is 0.579. The number of carbonyl (C=O) groups excluding carboxylic acids is 2. The number of nitrogens with two attached hydrogens (primary N) is 1. The van der Waals surface area contributed by atoms with Crippen LogP contribution < -0.4 is 11.1 Å². The Morgan fingerprint density at radius 2 is 1.88 bits per heavy atom. The van der Waals surface area contributed by atoms with Crippen molar-refractivity contribution in [2.45, 2.75) is 58.3 Å². The number of aliphatic hydroxyl groups excluding tert-OH is 1. The van der Waals surface area contributed by atoms with Crippen molar-refractivity contribution < 1.29 is 14.7 Å². The SMILES string of the molecule is C[C@H](NC(=O)[C@@H]1C[C@@H](O)CN1C(=O)[C@@H](N)C(C)(C)C)c1ccc(Cl)cc1. The van der Waals surface area contributed by atoms with Gasteiger partial charge in [0.15, 0.2) is 0 Å². The van der Waals surface area contributed by atoms with Crippen molar-refractivity contribution in [2.24, 2.45) is 11.1 Å². The number of nitrogens with zero attached hydrogens (tertiary/aromatic N) is 1. The highest BCUT2D eigenvalue weighted by atomic mass is 35.5. The van der Waals surface area contributed by atoms with Gasteiger partial charge in [-0.25, -0.2) is 0 Å². The van der Waals surface area contributed by atoms with Crippen LogP contribution >= 0.6 is 11.6 Å². The number of hydrogen-bond donors (Lipinski definition) is 3. The molecular formula is C19H28ClN3O3. The van der Waals surface area contributed by atoms with Crippen LogP contribution in [-0.4, -0.2) is 46.6 Å². The minimum Gasteiger partial charge on any atom is -0.391 e. The molecule has 2 rings (SSSR count). The summed E-state index contributed by atoms with van der Waals surface area (Å²) in [5.74, 6) is -0.605. The number of carbonyl (C=O) groups is 2. The van der Waals surface area contributed by atoms with Crippen molar-refractivity contribution in [1.82, 2.24) is 10.2 Å². The fourth-order valence-electron chi connectivity index (χ4n) is 3.00. The summed E-state index contributed by atoms with van der Waals surface area (Å²) in [4.78, 5) is 26.9. The molecular weight excluding hydrogens is 354 g/mol. The van der Waals surface area contributed by atoms with Crippen LogP contribution in [0.4, 0.5) is 0 Å². The smallest absolute Gasteiger partial charge is 0.243 e. The van der Waals surface area contributed by atoms with Gasteiger partial charge in [-0.05, 0) is 30.0 Å². The molecule has 26 heavy (non-hydrogen) atoms. The molecule has 1 fully saturated rings. The number of aliphatic hydroxyl groups is 1. The molecule has 4 N–H and O–H groups in total. The Hall–Kier alpha value is -1.63. The average molecular weight is 382 g/mol. The zero-order chi connectivity index (χ0) is 19.6. The van der Waals surface area contributed by atoms with Crippen LogP contribution in [0.15, 0.2) is 24.3 Å². The van der Waals surface area contributed by atoms with E-state index >= 15 is 0 Å². The van der Waals surface area contributed by atoms with E-state index in [2.05, 4.69) is 5.32 Å². The number of rotatable bonds is 4. The van der Waals surface area contributed by atoms with Crippen LogP contribution in [0.25, 0.3) is 0 Å². The molecule has 1 saturated heterocycles. The van der Waals surface area contributed by atoms with Gasteiger partial charge in [-0.1, -0.05) is 44.5 Å². The van der Waals surface area contributed by atoms with Gasteiger partial charge in [0.25, 0.3) is 0 Å². The maximum atomic E-state index is 12.7. The number of halogens is 1. The van der Waals surface area contributed by atoms with Crippen LogP contribution in [0.2, 0.25) is 5.02 Å². The van der Waals surface area contributed by atoms with Crippen molar-refractivity contribution in [1.29, 1.82) is 0 Å². The van der Waals surface area contributed by atoms with E-state index in [1.54, 1.807) is 12.1 Å². The second-order valence-electron chi connectivity index (χ2n) is 8.02. The number of nitrogens with one attached hydrogen (secondary N) is 1. The Bertz CT molecular complexity index is 657. The molecule has 2 amide bonds. The normalized spacial score (nSPS) is 22.8. The predicted molar refractivity (Wildman–Crippen MR) is 102 cm³/mol. The lowest BCUT2D eigenvalue weighted by Gasteiger charge is -2.32. The zero-order valence-corrected chi connectivity index (χ0v) is 16.5. The third-order valence-electron chi connectivity index (χ3n) is 4.79. The van der Waals surface area contributed by atoms with Crippen molar-refractivity contribution in [2.75, 3.05) is 6.54 Å². The van der Waals surface area contributed by atoms with Gasteiger partial charge in [0.1, 0.15) is 6.04 Å². The molecule has 0 spiro atoms. The number of likely N-dealkylation sites (tertiary alicyclic amines) is 1. The molecule has 7 heteroatoms. The molecule has 1 aliphatic rings. The lowest BCUT2D eigenvalue weighted by molar-refractivity contribution is -0.141. The first-order valence-electron chi connectivity index (χ1n) is 8.80. The molecule has 0 bridgehead atoms. The van der Waals surface area contributed by atoms with Crippen molar-refractivity contribution in [3.63, 3.8) is 0 Å². The Kier molecular flexibility index (Phi) is 6.32. The lowest BCUT2D eigenvalue weighted by Crippen LogP contribution is -2.55. The van der Waals surface area contributed by atoms with Gasteiger partial charge in [-0.2, -0.15) is 0 Å². The molecule has 0 aromatic heterocycles. The van der Waals surface area contributed by atoms with E-state index in [1.165, 1.54) is 4.90 Å². The second kappa shape index (κ2) is 7.94. The molecule has 1 aromatic rings. The fourth-order valence-corrected chi connectivity index (χ4v) is 3.13. The summed E-state index contributed by atoms with van der Waals surface area (Å²) in [6.45, 7) is 7.61. The predicted octanol–water partition coefficient (Wildman–Crippen LogP) is 1.85. The topological polar surface area (TPSA) is 95.7 Å². The third kappa shape index (κ3) is 4.75. The maximum absolute atomic E-state index is 12.7. The molecule has 1 aliphatic heterocycles. The van der Waals surface area contributed by atoms with Crippen molar-refractivity contribution in [3.8, 4) is 0 Å². The standard InChI is InChI=1S/C19H28ClN3O3/c1-11(12-5-7-13(20)8-6-12)22-17(25)15-9-14(24)10-23(15)18(26)16(21)19(2,3)4/h5-8,11,14-16,24H,9-10,21H2,1-4H3,(H,22,25)/t11-,14+,15-,16+/m0/s1. The Labute approximate surface area is 159 Å². The van der Waals surface area contributed by atoms with Gasteiger partial charge < -0.3 is 21.1 Å². The monoisotopic (exact) mass is 381 g/mol. The van der Waals surface area contributed by atoms with Crippen LogP contribution in [0.5, 0.6) is 0 Å². The average Bonchev–Trinajstić information content (AvgIpc) is 2.95. The lowest BCUT2D eigenvalue weighted by atomic mass is 9.86. The number of hydrogen-bond acceptors (Lipinski definition) is 4. The Balaban J connectivity index is 2.10. The summed E-state index contributed by atoms with van der Waals surface area (Å²) in [6, 6.07) is 5.50. The van der Waals surface area contributed by atoms with E-state index < -0.39 is 23.6 Å². The highest BCUT2D eigenvalue weighted by Crippen LogP contribution is 2.25. The van der Waals surface area contributed by atoms with Crippen molar-refractivity contribution in [3.05, 3.63) is 34.9 Å². The molecule has 1 aromatic carbocycles. The van der Waals surface area contributed by atoms with Gasteiger partial charge >= 0.3 is 0 Å². The molecule has 0 saturated carbocycles. The molecule has 4 atom stereocenters. The summed E-state index contributed by atoms with van der Waals surface area (Å²) in [5.41, 5.74) is 6.55. The highest BCUT2D eigenvalue weighted by Gasteiger charge is 2.42. The van der Waals surface area contributed by atoms with E-state index in [9.17, 15) is 14.7 Å². The number of benzene rings is 1. The Morgan fingerprint density at radius 1 is 1.31 bits per heavy atom. The summed E-state index contributed by atoms with van der Waals surface area (Å²) < 4.78 is 0. The van der Waals surface area contributed by atoms with Crippen LogP contribution in [0.1, 0.15) is 45.7 Å². The summed E-state index contributed by atoms with van der Waals surface area (Å²) in [6.07, 6.45) is -0.519. The molecule has 6 nitrogen and oxygen atoms in total. The van der Waals surface area contributed by atoms with Crippen LogP contribution in [0.3, 0.4) is 0 Å². The second-order valence-corrected chi connectivity index (χ2v) is 8.46.